The second-order valence-corrected chi connectivity index (χ2v) is 12.1. The number of pyridine rings is 1. The predicted octanol–water partition coefficient (Wildman–Crippen LogP) is 10.3. The number of hydrogen-bond acceptors (Lipinski definition) is 2. The monoisotopic (exact) mass is 499 g/mol. The summed E-state index contributed by atoms with van der Waals surface area (Å²) >= 11 is 0. The van der Waals surface area contributed by atoms with Crippen LogP contribution in [0.5, 0.6) is 0 Å². The lowest BCUT2D eigenvalue weighted by molar-refractivity contribution is 0.0784. The number of aliphatic hydroxyl groups is 1. The summed E-state index contributed by atoms with van der Waals surface area (Å²) < 4.78 is 0. The zero-order chi connectivity index (χ0) is 29.1. The van der Waals surface area contributed by atoms with Crippen molar-refractivity contribution in [3.8, 4) is 0 Å². The van der Waals surface area contributed by atoms with E-state index < -0.39 is 5.60 Å². The number of rotatable bonds is 2. The Morgan fingerprint density at radius 1 is 0.639 bits per heavy atom. The van der Waals surface area contributed by atoms with Crippen LogP contribution in [0.1, 0.15) is 150 Å². The lowest BCUT2D eigenvalue weighted by atomic mass is 9.87. The van der Waals surface area contributed by atoms with Crippen LogP contribution >= 0.6 is 0 Å². The third kappa shape index (κ3) is 12.0. The highest BCUT2D eigenvalue weighted by Gasteiger charge is 2.39. The van der Waals surface area contributed by atoms with Crippen molar-refractivity contribution in [1.29, 1.82) is 0 Å². The number of aryl methyl sites for hydroxylation is 2. The molecule has 0 atom stereocenters. The van der Waals surface area contributed by atoms with Gasteiger partial charge in [0, 0.05) is 22.2 Å². The van der Waals surface area contributed by atoms with Gasteiger partial charge < -0.3 is 5.11 Å². The van der Waals surface area contributed by atoms with Gasteiger partial charge >= 0.3 is 0 Å². The molecular formula is C34H61NO. The topological polar surface area (TPSA) is 33.1 Å². The van der Waals surface area contributed by atoms with Gasteiger partial charge in [-0.15, -0.1) is 0 Å². The standard InChI is InChI=1S/C14H23N.C14H20O.3C2H6/c1-10-8-11(13(2,3)4)15-12(9-10)14(5,6)7;1-10-7-11(13(2,3)15)9-12(8-10)14(4)5-6-14;3*1-2/h8-9H,1-7H3;7-9,15H,5-6H2,1-4H3;3*1-2H3. The lowest BCUT2D eigenvalue weighted by Gasteiger charge is -2.24. The molecule has 2 heteroatoms. The first-order chi connectivity index (χ1) is 16.4. The van der Waals surface area contributed by atoms with Gasteiger partial charge in [0.05, 0.1) is 5.60 Å². The highest BCUT2D eigenvalue weighted by molar-refractivity contribution is 5.39. The summed E-state index contributed by atoms with van der Waals surface area (Å²) in [6.45, 7) is 35.5. The minimum atomic E-state index is -0.730. The molecule has 0 amide bonds. The van der Waals surface area contributed by atoms with Crippen LogP contribution in [-0.4, -0.2) is 10.1 Å². The fraction of sp³-hybridized carbons (Fsp3) is 0.676. The maximum absolute atomic E-state index is 10.0. The van der Waals surface area contributed by atoms with Crippen LogP contribution in [0.2, 0.25) is 0 Å². The molecule has 2 aromatic rings. The Hall–Kier alpha value is -1.67. The summed E-state index contributed by atoms with van der Waals surface area (Å²) in [6, 6.07) is 10.9. The second kappa shape index (κ2) is 14.9. The average molecular weight is 500 g/mol. The maximum Gasteiger partial charge on any atom is 0.0840 e. The number of aromatic nitrogens is 1. The Bertz CT molecular complexity index is 762. The first kappa shape index (κ1) is 36.5. The molecular weight excluding hydrogens is 438 g/mol. The largest absolute Gasteiger partial charge is 0.386 e. The van der Waals surface area contributed by atoms with Crippen molar-refractivity contribution < 1.29 is 5.11 Å². The minimum absolute atomic E-state index is 0.131. The van der Waals surface area contributed by atoms with E-state index >= 15 is 0 Å². The van der Waals surface area contributed by atoms with Crippen LogP contribution in [0.3, 0.4) is 0 Å². The zero-order valence-corrected chi connectivity index (χ0v) is 27.2. The van der Waals surface area contributed by atoms with Crippen LogP contribution in [0.25, 0.3) is 0 Å². The SMILES string of the molecule is CC.CC.CC.Cc1cc(C(C)(C)C)nc(C(C)(C)C)c1.Cc1cc(C(C)(C)O)cc(C2(C)CC2)c1. The van der Waals surface area contributed by atoms with E-state index in [9.17, 15) is 5.11 Å². The molecule has 1 N–H and O–H groups in total. The number of hydrogen-bond donors (Lipinski definition) is 1. The van der Waals surface area contributed by atoms with Crippen molar-refractivity contribution in [3.63, 3.8) is 0 Å². The fourth-order valence-electron chi connectivity index (χ4n) is 3.40. The fourth-order valence-corrected chi connectivity index (χ4v) is 3.40. The van der Waals surface area contributed by atoms with E-state index in [0.29, 0.717) is 5.41 Å². The molecule has 0 bridgehead atoms. The predicted molar refractivity (Wildman–Crippen MR) is 163 cm³/mol. The van der Waals surface area contributed by atoms with Gasteiger partial charge in [0.2, 0.25) is 0 Å². The molecule has 1 aromatic heterocycles. The van der Waals surface area contributed by atoms with Crippen molar-refractivity contribution in [3.05, 3.63) is 64.0 Å². The molecule has 0 aliphatic heterocycles. The van der Waals surface area contributed by atoms with Gasteiger partial charge in [-0.1, -0.05) is 114 Å². The van der Waals surface area contributed by atoms with E-state index in [2.05, 4.69) is 92.6 Å². The Morgan fingerprint density at radius 3 is 1.31 bits per heavy atom. The molecule has 3 rings (SSSR count). The molecule has 0 saturated heterocycles. The molecule has 2 nitrogen and oxygen atoms in total. The summed E-state index contributed by atoms with van der Waals surface area (Å²) in [7, 11) is 0. The third-order valence-electron chi connectivity index (χ3n) is 5.99. The summed E-state index contributed by atoms with van der Waals surface area (Å²) in [5.41, 5.74) is 7.26. The van der Waals surface area contributed by atoms with Gasteiger partial charge in [-0.3, -0.25) is 4.98 Å². The van der Waals surface area contributed by atoms with Crippen LogP contribution in [0.15, 0.2) is 30.3 Å². The van der Waals surface area contributed by atoms with Gasteiger partial charge in [-0.25, -0.2) is 0 Å². The van der Waals surface area contributed by atoms with Crippen LogP contribution in [0.4, 0.5) is 0 Å². The molecule has 208 valence electrons. The van der Waals surface area contributed by atoms with Crippen LogP contribution in [0, 0.1) is 13.8 Å². The van der Waals surface area contributed by atoms with Crippen molar-refractivity contribution >= 4 is 0 Å². The van der Waals surface area contributed by atoms with E-state index in [0.717, 1.165) is 5.56 Å². The second-order valence-electron chi connectivity index (χ2n) is 12.1. The van der Waals surface area contributed by atoms with Crippen molar-refractivity contribution in [2.45, 2.75) is 152 Å². The first-order valence-electron chi connectivity index (χ1n) is 14.3. The van der Waals surface area contributed by atoms with Gasteiger partial charge in [-0.05, 0) is 74.8 Å². The van der Waals surface area contributed by atoms with Gasteiger partial charge in [-0.2, -0.15) is 0 Å². The highest BCUT2D eigenvalue weighted by atomic mass is 16.3. The summed E-state index contributed by atoms with van der Waals surface area (Å²) in [5.74, 6) is 0. The normalized spacial score (nSPS) is 13.8. The van der Waals surface area contributed by atoms with E-state index in [1.165, 1.54) is 40.9 Å². The van der Waals surface area contributed by atoms with E-state index in [4.69, 9.17) is 4.98 Å². The van der Waals surface area contributed by atoms with Crippen LogP contribution < -0.4 is 0 Å². The van der Waals surface area contributed by atoms with E-state index in [1.54, 1.807) is 0 Å². The Kier molecular flexibility index (Phi) is 15.1. The smallest absolute Gasteiger partial charge is 0.0840 e. The number of nitrogens with zero attached hydrogens (tertiary/aromatic N) is 1. The summed E-state index contributed by atoms with van der Waals surface area (Å²) in [6.07, 6.45) is 2.56. The van der Waals surface area contributed by atoms with E-state index in [1.807, 2.05) is 55.4 Å². The molecule has 1 aromatic carbocycles. The van der Waals surface area contributed by atoms with Crippen molar-refractivity contribution in [1.82, 2.24) is 4.98 Å². The molecule has 36 heavy (non-hydrogen) atoms. The quantitative estimate of drug-likeness (QED) is 0.446. The molecule has 1 fully saturated rings. The molecule has 1 saturated carbocycles. The summed E-state index contributed by atoms with van der Waals surface area (Å²) in [5, 5.41) is 10.0. The van der Waals surface area contributed by atoms with Crippen molar-refractivity contribution in [2.24, 2.45) is 0 Å². The maximum atomic E-state index is 10.0. The molecule has 1 aliphatic carbocycles. The first-order valence-corrected chi connectivity index (χ1v) is 14.3. The van der Waals surface area contributed by atoms with Gasteiger partial charge in [0.15, 0.2) is 0 Å². The molecule has 0 unspecified atom stereocenters. The molecule has 1 heterocycles. The summed E-state index contributed by atoms with van der Waals surface area (Å²) in [4.78, 5) is 4.78. The van der Waals surface area contributed by atoms with Crippen molar-refractivity contribution in [2.75, 3.05) is 0 Å². The Balaban J connectivity index is 0. The van der Waals surface area contributed by atoms with E-state index in [-0.39, 0.29) is 10.8 Å². The zero-order valence-electron chi connectivity index (χ0n) is 27.2. The minimum Gasteiger partial charge on any atom is -0.386 e. The molecule has 1 aliphatic rings. The molecule has 0 spiro atoms. The Morgan fingerprint density at radius 2 is 1.00 bits per heavy atom. The van der Waals surface area contributed by atoms with Gasteiger partial charge in [0.1, 0.15) is 0 Å². The average Bonchev–Trinajstić information content (AvgIpc) is 3.54. The molecule has 0 radical (unpaired) electrons. The lowest BCUT2D eigenvalue weighted by Crippen LogP contribution is -2.20. The third-order valence-corrected chi connectivity index (χ3v) is 5.99. The highest BCUT2D eigenvalue weighted by Crippen LogP contribution is 2.48. The Labute approximate surface area is 226 Å². The number of benzene rings is 1. The van der Waals surface area contributed by atoms with Gasteiger partial charge in [0.25, 0.3) is 0 Å². The van der Waals surface area contributed by atoms with Crippen LogP contribution in [-0.2, 0) is 21.8 Å².